The van der Waals surface area contributed by atoms with Gasteiger partial charge in [-0.15, -0.1) is 0 Å². The maximum Gasteiger partial charge on any atom is 0.310 e. The summed E-state index contributed by atoms with van der Waals surface area (Å²) in [7, 11) is 0. The van der Waals surface area contributed by atoms with Gasteiger partial charge in [-0.1, -0.05) is 6.92 Å². The van der Waals surface area contributed by atoms with E-state index in [-0.39, 0.29) is 18.9 Å². The van der Waals surface area contributed by atoms with Crippen LogP contribution < -0.4 is 10.6 Å². The van der Waals surface area contributed by atoms with E-state index in [2.05, 4.69) is 10.6 Å². The van der Waals surface area contributed by atoms with Gasteiger partial charge < -0.3 is 20.1 Å². The number of cyclic esters (lactones) is 1. The SMILES string of the molecule is CCCOC1OC(=O)CC1NC(=O)CNC=O. The van der Waals surface area contributed by atoms with Crippen LogP contribution in [0.5, 0.6) is 0 Å². The lowest BCUT2D eigenvalue weighted by Gasteiger charge is -2.18. The molecule has 0 saturated carbocycles. The summed E-state index contributed by atoms with van der Waals surface area (Å²) in [5.41, 5.74) is 0. The third kappa shape index (κ3) is 4.39. The average Bonchev–Trinajstić information content (AvgIpc) is 2.64. The second-order valence-electron chi connectivity index (χ2n) is 3.61. The Bertz CT molecular complexity index is 294. The zero-order valence-electron chi connectivity index (χ0n) is 9.60. The van der Waals surface area contributed by atoms with Crippen molar-refractivity contribution in [2.24, 2.45) is 0 Å². The molecule has 17 heavy (non-hydrogen) atoms. The predicted octanol–water partition coefficient (Wildman–Crippen LogP) is -1.08. The number of nitrogens with one attached hydrogen (secondary N) is 2. The van der Waals surface area contributed by atoms with E-state index >= 15 is 0 Å². The Balaban J connectivity index is 2.40. The highest BCUT2D eigenvalue weighted by Crippen LogP contribution is 2.16. The number of carbonyl (C=O) groups is 3. The number of carbonyl (C=O) groups excluding carboxylic acids is 3. The van der Waals surface area contributed by atoms with Crippen LogP contribution in [0.3, 0.4) is 0 Å². The van der Waals surface area contributed by atoms with Crippen molar-refractivity contribution in [1.29, 1.82) is 0 Å². The van der Waals surface area contributed by atoms with Crippen molar-refractivity contribution >= 4 is 18.3 Å². The summed E-state index contributed by atoms with van der Waals surface area (Å²) in [5, 5.41) is 4.80. The van der Waals surface area contributed by atoms with Gasteiger partial charge in [-0.25, -0.2) is 0 Å². The molecule has 1 rings (SSSR count). The van der Waals surface area contributed by atoms with Crippen molar-refractivity contribution in [3.05, 3.63) is 0 Å². The summed E-state index contributed by atoms with van der Waals surface area (Å²) in [4.78, 5) is 32.4. The van der Waals surface area contributed by atoms with Crippen molar-refractivity contribution in [1.82, 2.24) is 10.6 Å². The fourth-order valence-electron chi connectivity index (χ4n) is 1.43. The van der Waals surface area contributed by atoms with Gasteiger partial charge >= 0.3 is 5.97 Å². The lowest BCUT2D eigenvalue weighted by Crippen LogP contribution is -2.45. The van der Waals surface area contributed by atoms with Gasteiger partial charge in [-0.2, -0.15) is 0 Å². The first-order chi connectivity index (χ1) is 8.17. The maximum absolute atomic E-state index is 11.3. The van der Waals surface area contributed by atoms with Crippen molar-refractivity contribution in [2.75, 3.05) is 13.2 Å². The fourth-order valence-corrected chi connectivity index (χ4v) is 1.43. The molecule has 2 amide bonds. The summed E-state index contributed by atoms with van der Waals surface area (Å²) in [5.74, 6) is -0.787. The fraction of sp³-hybridized carbons (Fsp3) is 0.700. The van der Waals surface area contributed by atoms with Gasteiger partial charge in [0.1, 0.15) is 6.04 Å². The molecular weight excluding hydrogens is 228 g/mol. The van der Waals surface area contributed by atoms with Crippen LogP contribution in [0.15, 0.2) is 0 Å². The first-order valence-corrected chi connectivity index (χ1v) is 5.44. The number of amides is 2. The van der Waals surface area contributed by atoms with Gasteiger partial charge in [0.2, 0.25) is 18.6 Å². The van der Waals surface area contributed by atoms with Gasteiger partial charge in [0.15, 0.2) is 0 Å². The van der Waals surface area contributed by atoms with Crippen LogP contribution in [0.25, 0.3) is 0 Å². The molecule has 0 spiro atoms. The predicted molar refractivity (Wildman–Crippen MR) is 56.7 cm³/mol. The second-order valence-corrected chi connectivity index (χ2v) is 3.61. The molecular formula is C10H16N2O5. The van der Waals surface area contributed by atoms with Gasteiger partial charge in [0.25, 0.3) is 0 Å². The summed E-state index contributed by atoms with van der Waals surface area (Å²) in [6, 6.07) is -0.491. The quantitative estimate of drug-likeness (QED) is 0.439. The Morgan fingerprint density at radius 3 is 3.06 bits per heavy atom. The molecule has 2 N–H and O–H groups in total. The summed E-state index contributed by atoms with van der Waals surface area (Å²) < 4.78 is 10.2. The number of hydrogen-bond donors (Lipinski definition) is 2. The number of esters is 1. The Hall–Kier alpha value is -1.63. The zero-order chi connectivity index (χ0) is 12.7. The lowest BCUT2D eigenvalue weighted by molar-refractivity contribution is -0.165. The monoisotopic (exact) mass is 244 g/mol. The van der Waals surface area contributed by atoms with Crippen LogP contribution in [0, 0.1) is 0 Å². The molecule has 1 aliphatic rings. The molecule has 2 unspecified atom stereocenters. The molecule has 0 aromatic carbocycles. The van der Waals surface area contributed by atoms with E-state index in [1.165, 1.54) is 0 Å². The molecule has 0 bridgehead atoms. The smallest absolute Gasteiger partial charge is 0.310 e. The molecule has 0 aromatic rings. The average molecular weight is 244 g/mol. The van der Waals surface area contributed by atoms with Crippen molar-refractivity contribution in [2.45, 2.75) is 32.1 Å². The van der Waals surface area contributed by atoms with E-state index in [0.717, 1.165) is 6.42 Å². The third-order valence-corrected chi connectivity index (χ3v) is 2.14. The highest BCUT2D eigenvalue weighted by molar-refractivity contribution is 5.81. The molecule has 1 saturated heterocycles. The Labute approximate surface area is 98.8 Å². The molecule has 7 nitrogen and oxygen atoms in total. The number of hydrogen-bond acceptors (Lipinski definition) is 5. The van der Waals surface area contributed by atoms with E-state index < -0.39 is 18.3 Å². The Morgan fingerprint density at radius 2 is 2.41 bits per heavy atom. The summed E-state index contributed by atoms with van der Waals surface area (Å²) >= 11 is 0. The number of ether oxygens (including phenoxy) is 2. The van der Waals surface area contributed by atoms with Crippen molar-refractivity contribution < 1.29 is 23.9 Å². The normalized spacial score (nSPS) is 23.0. The van der Waals surface area contributed by atoms with E-state index in [1.807, 2.05) is 6.92 Å². The first kappa shape index (κ1) is 13.4. The van der Waals surface area contributed by atoms with Gasteiger partial charge in [0, 0.05) is 0 Å². The lowest BCUT2D eigenvalue weighted by atomic mass is 10.2. The molecule has 0 aliphatic carbocycles. The minimum atomic E-state index is -0.734. The maximum atomic E-state index is 11.3. The van der Waals surface area contributed by atoms with Crippen LogP contribution in [-0.4, -0.2) is 43.8 Å². The van der Waals surface area contributed by atoms with E-state index in [0.29, 0.717) is 13.0 Å². The van der Waals surface area contributed by atoms with E-state index in [9.17, 15) is 14.4 Å². The van der Waals surface area contributed by atoms with Crippen molar-refractivity contribution in [3.8, 4) is 0 Å². The second kappa shape index (κ2) is 6.85. The summed E-state index contributed by atoms with van der Waals surface area (Å²) in [6.45, 7) is 2.25. The number of rotatable bonds is 7. The van der Waals surface area contributed by atoms with E-state index in [4.69, 9.17) is 9.47 Å². The highest BCUT2D eigenvalue weighted by Gasteiger charge is 2.36. The molecule has 96 valence electrons. The largest absolute Gasteiger partial charge is 0.433 e. The zero-order valence-corrected chi connectivity index (χ0v) is 9.60. The highest BCUT2D eigenvalue weighted by atomic mass is 16.7. The minimum Gasteiger partial charge on any atom is -0.433 e. The first-order valence-electron chi connectivity index (χ1n) is 5.44. The van der Waals surface area contributed by atoms with Crippen LogP contribution >= 0.6 is 0 Å². The van der Waals surface area contributed by atoms with E-state index in [1.54, 1.807) is 0 Å². The Kier molecular flexibility index (Phi) is 5.41. The third-order valence-electron chi connectivity index (χ3n) is 2.14. The molecule has 1 aliphatic heterocycles. The topological polar surface area (TPSA) is 93.7 Å². The minimum absolute atomic E-state index is 0.0845. The standard InChI is InChI=1S/C10H16N2O5/c1-2-3-16-10-7(4-9(15)17-10)12-8(14)5-11-6-13/h6-7,10H,2-5H2,1H3,(H,11,13)(H,12,14). The molecule has 0 radical (unpaired) electrons. The van der Waals surface area contributed by atoms with Gasteiger partial charge in [-0.05, 0) is 6.42 Å². The molecule has 1 heterocycles. The van der Waals surface area contributed by atoms with Crippen LogP contribution in [-0.2, 0) is 23.9 Å². The van der Waals surface area contributed by atoms with Gasteiger partial charge in [-0.3, -0.25) is 14.4 Å². The molecule has 0 aromatic heterocycles. The van der Waals surface area contributed by atoms with Crippen molar-refractivity contribution in [3.63, 3.8) is 0 Å². The summed E-state index contributed by atoms with van der Waals surface area (Å²) in [6.07, 6.45) is 0.575. The molecule has 2 atom stereocenters. The molecule has 7 heteroatoms. The van der Waals surface area contributed by atoms with Crippen LogP contribution in [0.2, 0.25) is 0 Å². The molecule has 1 fully saturated rings. The van der Waals surface area contributed by atoms with Crippen LogP contribution in [0.4, 0.5) is 0 Å². The van der Waals surface area contributed by atoms with Crippen LogP contribution in [0.1, 0.15) is 19.8 Å². The Morgan fingerprint density at radius 1 is 1.65 bits per heavy atom. The van der Waals surface area contributed by atoms with Gasteiger partial charge in [0.05, 0.1) is 19.6 Å².